The minimum Gasteiger partial charge on any atom is -0.481 e. The Labute approximate surface area is 81.5 Å². The Bertz CT molecular complexity index is 99.1. The first-order chi connectivity index (χ1) is 5.68. The van der Waals surface area contributed by atoms with Crippen LogP contribution in [0.2, 0.25) is 0 Å². The van der Waals surface area contributed by atoms with E-state index < -0.39 is 5.97 Å². The Morgan fingerprint density at radius 3 is 2.25 bits per heavy atom. The standard InChI is InChI=1S/C7H14O2.CH5PS/c1-2-3-4-5-6-7(8)9;1-3-2/h2-6H2,1H3,(H,8,9);2H2,1H3. The van der Waals surface area contributed by atoms with Crippen molar-refractivity contribution in [1.29, 1.82) is 0 Å². The Hall–Kier alpha value is 0.250. The molecule has 0 aliphatic rings. The third-order valence-electron chi connectivity index (χ3n) is 1.24. The van der Waals surface area contributed by atoms with E-state index in [1.54, 1.807) is 11.4 Å². The van der Waals surface area contributed by atoms with Gasteiger partial charge < -0.3 is 5.11 Å². The van der Waals surface area contributed by atoms with Crippen LogP contribution in [0.5, 0.6) is 0 Å². The van der Waals surface area contributed by atoms with Gasteiger partial charge in [-0.1, -0.05) is 34.6 Å². The predicted molar refractivity (Wildman–Crippen MR) is 59.6 cm³/mol. The fourth-order valence-electron chi connectivity index (χ4n) is 0.703. The molecule has 4 heteroatoms. The summed E-state index contributed by atoms with van der Waals surface area (Å²) < 4.78 is 0. The summed E-state index contributed by atoms with van der Waals surface area (Å²) >= 11 is 1.67. The zero-order valence-electron chi connectivity index (χ0n) is 7.88. The summed E-state index contributed by atoms with van der Waals surface area (Å²) in [6.07, 6.45) is 6.56. The number of rotatable bonds is 5. The summed E-state index contributed by atoms with van der Waals surface area (Å²) in [7, 11) is 2.50. The minimum absolute atomic E-state index is 0.333. The number of aliphatic carboxylic acids is 1. The first kappa shape index (κ1) is 14.8. The highest BCUT2D eigenvalue weighted by atomic mass is 32.7. The van der Waals surface area contributed by atoms with Crippen molar-refractivity contribution in [1.82, 2.24) is 0 Å². The molecule has 0 rings (SSSR count). The lowest BCUT2D eigenvalue weighted by Gasteiger charge is -1.92. The molecule has 0 aliphatic carbocycles. The largest absolute Gasteiger partial charge is 0.481 e. The fourth-order valence-corrected chi connectivity index (χ4v) is 0.703. The van der Waals surface area contributed by atoms with E-state index in [2.05, 4.69) is 15.4 Å². The molecule has 0 fully saturated rings. The van der Waals surface area contributed by atoms with Gasteiger partial charge in [0.25, 0.3) is 0 Å². The number of hydrogen-bond donors (Lipinski definition) is 1. The highest BCUT2D eigenvalue weighted by molar-refractivity contribution is 8.43. The maximum Gasteiger partial charge on any atom is 0.303 e. The molecule has 1 unspecified atom stereocenters. The van der Waals surface area contributed by atoms with Gasteiger partial charge in [0.15, 0.2) is 0 Å². The Morgan fingerprint density at radius 2 is 1.92 bits per heavy atom. The van der Waals surface area contributed by atoms with Gasteiger partial charge in [0.2, 0.25) is 0 Å². The van der Waals surface area contributed by atoms with E-state index in [0.717, 1.165) is 19.3 Å². The van der Waals surface area contributed by atoms with E-state index in [1.165, 1.54) is 6.42 Å². The molecule has 0 saturated heterocycles. The van der Waals surface area contributed by atoms with Gasteiger partial charge in [0, 0.05) is 6.42 Å². The molecule has 2 nitrogen and oxygen atoms in total. The lowest BCUT2D eigenvalue weighted by Crippen LogP contribution is -1.92. The topological polar surface area (TPSA) is 37.3 Å². The van der Waals surface area contributed by atoms with Crippen LogP contribution in [-0.4, -0.2) is 17.3 Å². The molecule has 12 heavy (non-hydrogen) atoms. The normalized spacial score (nSPS) is 8.58. The number of hydrogen-bond acceptors (Lipinski definition) is 2. The number of carboxylic acid groups (broad SMARTS) is 1. The van der Waals surface area contributed by atoms with E-state index >= 15 is 0 Å². The summed E-state index contributed by atoms with van der Waals surface area (Å²) in [5.41, 5.74) is 0. The monoisotopic (exact) mass is 210 g/mol. The molecule has 0 saturated carbocycles. The molecule has 0 amide bonds. The van der Waals surface area contributed by atoms with Gasteiger partial charge in [0.1, 0.15) is 0 Å². The van der Waals surface area contributed by atoms with Crippen molar-refractivity contribution < 1.29 is 9.90 Å². The lowest BCUT2D eigenvalue weighted by molar-refractivity contribution is -0.137. The SMILES string of the molecule is CCCCCCC(=O)O.CSP. The van der Waals surface area contributed by atoms with Crippen LogP contribution in [0, 0.1) is 0 Å². The number of carbonyl (C=O) groups is 1. The molecule has 0 spiro atoms. The maximum atomic E-state index is 9.96. The van der Waals surface area contributed by atoms with E-state index in [-0.39, 0.29) is 0 Å². The molecule has 1 atom stereocenters. The molecule has 1 N–H and O–H groups in total. The van der Waals surface area contributed by atoms with Gasteiger partial charge in [-0.05, 0) is 12.7 Å². The highest BCUT2D eigenvalue weighted by Crippen LogP contribution is 2.01. The number of unbranched alkanes of at least 4 members (excludes halogenated alkanes) is 3. The molecule has 0 aromatic carbocycles. The van der Waals surface area contributed by atoms with Crippen LogP contribution in [0.3, 0.4) is 0 Å². The van der Waals surface area contributed by atoms with E-state index in [1.807, 2.05) is 6.26 Å². The maximum absolute atomic E-state index is 9.96. The molecule has 0 aliphatic heterocycles. The molecular weight excluding hydrogens is 191 g/mol. The van der Waals surface area contributed by atoms with Gasteiger partial charge in [-0.25, -0.2) is 0 Å². The summed E-state index contributed by atoms with van der Waals surface area (Å²) in [5, 5.41) is 8.21. The summed E-state index contributed by atoms with van der Waals surface area (Å²) in [6.45, 7) is 2.11. The van der Waals surface area contributed by atoms with Crippen molar-refractivity contribution in [2.45, 2.75) is 39.0 Å². The molecule has 0 bridgehead atoms. The molecule has 0 aromatic heterocycles. The molecule has 0 aromatic rings. The summed E-state index contributed by atoms with van der Waals surface area (Å²) in [4.78, 5) is 9.96. The molecule has 0 radical (unpaired) electrons. The molecule has 0 heterocycles. The van der Waals surface area contributed by atoms with Crippen LogP contribution in [0.1, 0.15) is 39.0 Å². The second kappa shape index (κ2) is 13.8. The van der Waals surface area contributed by atoms with Crippen molar-refractivity contribution in [2.24, 2.45) is 0 Å². The van der Waals surface area contributed by atoms with Crippen LogP contribution in [0.15, 0.2) is 0 Å². The lowest BCUT2D eigenvalue weighted by atomic mass is 10.2. The van der Waals surface area contributed by atoms with E-state index in [4.69, 9.17) is 5.11 Å². The van der Waals surface area contributed by atoms with Gasteiger partial charge >= 0.3 is 5.97 Å². The molecular formula is C8H19O2PS. The van der Waals surface area contributed by atoms with Crippen molar-refractivity contribution in [3.05, 3.63) is 0 Å². The van der Waals surface area contributed by atoms with Crippen LogP contribution in [-0.2, 0) is 4.79 Å². The first-order valence-corrected chi connectivity index (χ1v) is 6.83. The third kappa shape index (κ3) is 22.5. The van der Waals surface area contributed by atoms with Gasteiger partial charge in [-0.15, -0.1) is 11.4 Å². The Kier molecular flexibility index (Phi) is 17.0. The quantitative estimate of drug-likeness (QED) is 0.559. The number of carboxylic acids is 1. The second-order valence-corrected chi connectivity index (χ2v) is 4.33. The second-order valence-electron chi connectivity index (χ2n) is 2.44. The third-order valence-corrected chi connectivity index (χ3v) is 1.24. The van der Waals surface area contributed by atoms with E-state index in [9.17, 15) is 4.79 Å². The van der Waals surface area contributed by atoms with Gasteiger partial charge in [-0.2, -0.15) is 0 Å². The van der Waals surface area contributed by atoms with Crippen molar-refractivity contribution in [3.63, 3.8) is 0 Å². The fraction of sp³-hybridized carbons (Fsp3) is 0.875. The zero-order chi connectivity index (χ0) is 9.82. The first-order valence-electron chi connectivity index (χ1n) is 4.13. The smallest absolute Gasteiger partial charge is 0.303 e. The van der Waals surface area contributed by atoms with Crippen LogP contribution in [0.25, 0.3) is 0 Å². The zero-order valence-corrected chi connectivity index (χ0v) is 9.85. The average Bonchev–Trinajstić information content (AvgIpc) is 1.99. The van der Waals surface area contributed by atoms with Crippen LogP contribution < -0.4 is 0 Å². The summed E-state index contributed by atoms with van der Waals surface area (Å²) in [5.74, 6) is -0.675. The highest BCUT2D eigenvalue weighted by Gasteiger charge is 1.93. The van der Waals surface area contributed by atoms with Crippen molar-refractivity contribution in [3.8, 4) is 0 Å². The Morgan fingerprint density at radius 1 is 1.42 bits per heavy atom. The minimum atomic E-state index is -0.675. The summed E-state index contributed by atoms with van der Waals surface area (Å²) in [6, 6.07) is 0. The van der Waals surface area contributed by atoms with Crippen LogP contribution >= 0.6 is 19.8 Å². The predicted octanol–water partition coefficient (Wildman–Crippen LogP) is 3.18. The van der Waals surface area contributed by atoms with Crippen molar-refractivity contribution in [2.75, 3.05) is 6.26 Å². The Balaban J connectivity index is 0. The van der Waals surface area contributed by atoms with E-state index in [0.29, 0.717) is 6.42 Å². The molecule has 74 valence electrons. The van der Waals surface area contributed by atoms with Gasteiger partial charge in [0.05, 0.1) is 0 Å². The average molecular weight is 210 g/mol. The van der Waals surface area contributed by atoms with Crippen molar-refractivity contribution >= 4 is 25.8 Å². The van der Waals surface area contributed by atoms with Gasteiger partial charge in [-0.3, -0.25) is 4.79 Å². The van der Waals surface area contributed by atoms with Crippen LogP contribution in [0.4, 0.5) is 0 Å².